The summed E-state index contributed by atoms with van der Waals surface area (Å²) >= 11 is 1.65. The Morgan fingerprint density at radius 3 is 2.29 bits per heavy atom. The average Bonchev–Trinajstić information content (AvgIpc) is 3.17. The van der Waals surface area contributed by atoms with Gasteiger partial charge in [0.2, 0.25) is 0 Å². The van der Waals surface area contributed by atoms with Crippen molar-refractivity contribution in [1.82, 2.24) is 14.6 Å². The van der Waals surface area contributed by atoms with Crippen LogP contribution in [0.4, 0.5) is 17.1 Å². The smallest absolute Gasteiger partial charge is 0.337 e. The normalized spacial score (nSPS) is 13.4. The molecule has 1 saturated heterocycles. The minimum Gasteiger partial charge on any atom is -0.761 e. The van der Waals surface area contributed by atoms with Crippen LogP contribution >= 0.6 is 11.8 Å². The van der Waals surface area contributed by atoms with Crippen molar-refractivity contribution >= 4 is 50.7 Å². The van der Waals surface area contributed by atoms with E-state index in [0.29, 0.717) is 18.8 Å². The molecule has 2 heterocycles. The van der Waals surface area contributed by atoms with Crippen molar-refractivity contribution in [2.75, 3.05) is 54.2 Å². The van der Waals surface area contributed by atoms with E-state index in [9.17, 15) is 28.3 Å². The predicted molar refractivity (Wildman–Crippen MR) is 204 cm³/mol. The zero-order valence-electron chi connectivity index (χ0n) is 28.1. The number of aromatic nitrogens is 1. The van der Waals surface area contributed by atoms with E-state index < -0.39 is 21.9 Å². The lowest BCUT2D eigenvalue weighted by molar-refractivity contribution is 0.0696. The Morgan fingerprint density at radius 2 is 1.56 bits per heavy atom. The Hall–Kier alpha value is -5.41. The van der Waals surface area contributed by atoms with Crippen molar-refractivity contribution in [2.24, 2.45) is 0 Å². The molecule has 1 fully saturated rings. The largest absolute Gasteiger partial charge is 0.761 e. The number of sulfonamides is 1. The number of piperazine rings is 1. The summed E-state index contributed by atoms with van der Waals surface area (Å²) < 4.78 is 28.3. The fourth-order valence-corrected chi connectivity index (χ4v) is 7.70. The van der Waals surface area contributed by atoms with Crippen LogP contribution in [-0.2, 0) is 16.6 Å². The van der Waals surface area contributed by atoms with Gasteiger partial charge in [0.1, 0.15) is 0 Å². The zero-order valence-corrected chi connectivity index (χ0v) is 29.7. The molecule has 4 aromatic carbocycles. The molecule has 14 heteroatoms. The molecule has 0 saturated carbocycles. The number of anilines is 3. The number of rotatable bonds is 14. The average molecular weight is 738 g/mol. The van der Waals surface area contributed by atoms with Crippen molar-refractivity contribution in [3.63, 3.8) is 0 Å². The van der Waals surface area contributed by atoms with Crippen molar-refractivity contribution < 1.29 is 23.1 Å². The maximum absolute atomic E-state index is 13.1. The summed E-state index contributed by atoms with van der Waals surface area (Å²) in [5, 5.41) is 24.2. The number of hydrogen-bond acceptors (Lipinski definition) is 11. The fraction of sp³-hybridized carbons (Fsp3) is 0.184. The third-order valence-electron chi connectivity index (χ3n) is 8.64. The highest BCUT2D eigenvalue weighted by Gasteiger charge is 2.22. The molecule has 52 heavy (non-hydrogen) atoms. The van der Waals surface area contributed by atoms with E-state index in [1.54, 1.807) is 53.8 Å². The van der Waals surface area contributed by atoms with Crippen molar-refractivity contribution in [3.8, 4) is 11.1 Å². The summed E-state index contributed by atoms with van der Waals surface area (Å²) in [6.07, 6.45) is 3.01. The fourth-order valence-electron chi connectivity index (χ4n) is 5.91. The number of amides is 1. The molecule has 4 N–H and O–H groups in total. The molecule has 1 amide bonds. The van der Waals surface area contributed by atoms with Crippen LogP contribution in [0, 0.1) is 5.21 Å². The number of aromatic carboxylic acids is 1. The Morgan fingerprint density at radius 1 is 0.827 bits per heavy atom. The van der Waals surface area contributed by atoms with Crippen molar-refractivity contribution in [3.05, 3.63) is 137 Å². The first-order valence-electron chi connectivity index (χ1n) is 16.6. The van der Waals surface area contributed by atoms with Crippen LogP contribution in [0.5, 0.6) is 0 Å². The second kappa shape index (κ2) is 16.7. The van der Waals surface area contributed by atoms with E-state index in [4.69, 9.17) is 0 Å². The van der Waals surface area contributed by atoms with E-state index in [1.807, 2.05) is 54.6 Å². The van der Waals surface area contributed by atoms with Crippen LogP contribution < -0.4 is 20.4 Å². The quantitative estimate of drug-likeness (QED) is 0.0597. The number of nitrogens with zero attached hydrogens (tertiary/aromatic N) is 3. The highest BCUT2D eigenvalue weighted by atomic mass is 32.2. The lowest BCUT2D eigenvalue weighted by Crippen LogP contribution is -2.46. The van der Waals surface area contributed by atoms with Gasteiger partial charge in [-0.15, -0.1) is 11.8 Å². The molecule has 5 aromatic rings. The van der Waals surface area contributed by atoms with Crippen LogP contribution in [0.25, 0.3) is 11.1 Å². The summed E-state index contributed by atoms with van der Waals surface area (Å²) in [4.78, 5) is 34.0. The second-order valence-corrected chi connectivity index (χ2v) is 14.9. The van der Waals surface area contributed by atoms with Gasteiger partial charge < -0.3 is 26.0 Å². The number of pyridine rings is 1. The maximum Gasteiger partial charge on any atom is 0.337 e. The van der Waals surface area contributed by atoms with Gasteiger partial charge >= 0.3 is 5.97 Å². The Bertz CT molecular complexity index is 2130. The van der Waals surface area contributed by atoms with Gasteiger partial charge in [-0.3, -0.25) is 14.7 Å². The molecular formula is C38H37N6O6S2-. The van der Waals surface area contributed by atoms with Gasteiger partial charge in [-0.2, -0.15) is 0 Å². The van der Waals surface area contributed by atoms with Crippen LogP contribution in [0.2, 0.25) is 0 Å². The molecule has 0 aliphatic carbocycles. The molecular weight excluding hydrogens is 701 g/mol. The van der Waals surface area contributed by atoms with Gasteiger partial charge in [0, 0.05) is 84.8 Å². The van der Waals surface area contributed by atoms with E-state index >= 15 is 0 Å². The van der Waals surface area contributed by atoms with Gasteiger partial charge in [-0.1, -0.05) is 42.5 Å². The molecule has 0 unspecified atom stereocenters. The summed E-state index contributed by atoms with van der Waals surface area (Å²) in [5.41, 5.74) is 6.30. The van der Waals surface area contributed by atoms with E-state index in [1.165, 1.54) is 24.4 Å². The highest BCUT2D eigenvalue weighted by Crippen LogP contribution is 2.28. The number of nitrogens with one attached hydrogen (secondary N) is 3. The first-order chi connectivity index (χ1) is 25.2. The molecule has 1 aliphatic heterocycles. The number of carbonyl (C=O) groups is 2. The third-order valence-corrected chi connectivity index (χ3v) is 11.0. The Balaban J connectivity index is 1.01. The third kappa shape index (κ3) is 9.08. The summed E-state index contributed by atoms with van der Waals surface area (Å²) in [6, 6.07) is 30.3. The number of hydrogen-bond donors (Lipinski definition) is 4. The predicted octanol–water partition coefficient (Wildman–Crippen LogP) is 6.00. The maximum atomic E-state index is 13.1. The molecule has 268 valence electrons. The Labute approximate surface area is 306 Å². The van der Waals surface area contributed by atoms with Crippen molar-refractivity contribution in [2.45, 2.75) is 16.3 Å². The molecule has 1 aromatic heterocycles. The van der Waals surface area contributed by atoms with E-state index in [2.05, 4.69) is 24.8 Å². The number of benzene rings is 4. The summed E-state index contributed by atoms with van der Waals surface area (Å²) in [7, 11) is -4.26. The monoisotopic (exact) mass is 737 g/mol. The van der Waals surface area contributed by atoms with E-state index in [-0.39, 0.29) is 21.7 Å². The van der Waals surface area contributed by atoms with Gasteiger partial charge in [-0.05, 0) is 71.8 Å². The minimum absolute atomic E-state index is 0.0523. The number of carboxylic acids is 1. The lowest BCUT2D eigenvalue weighted by atomic mass is 9.99. The summed E-state index contributed by atoms with van der Waals surface area (Å²) in [6.45, 7) is 4.28. The van der Waals surface area contributed by atoms with Gasteiger partial charge in [0.25, 0.3) is 15.9 Å². The lowest BCUT2D eigenvalue weighted by Gasteiger charge is -2.36. The number of carbonyl (C=O) groups excluding carboxylic acids is 1. The molecule has 0 bridgehead atoms. The minimum atomic E-state index is -4.26. The van der Waals surface area contributed by atoms with Gasteiger partial charge in [-0.25, -0.2) is 17.9 Å². The molecule has 0 radical (unpaired) electrons. The van der Waals surface area contributed by atoms with Gasteiger partial charge in [0.15, 0.2) is 0 Å². The second-order valence-electron chi connectivity index (χ2n) is 12.1. The Kier molecular flexibility index (Phi) is 11.7. The first kappa shape index (κ1) is 36.4. The molecule has 12 nitrogen and oxygen atoms in total. The van der Waals surface area contributed by atoms with Crippen LogP contribution in [0.1, 0.15) is 26.3 Å². The SMILES string of the molecule is O=C(O)c1cncc(-c2ccccc2CN2CCN(c3ccc(C(=O)NS(=O)(=O)c4ccc(NCCSc5ccccc5)c(N[O-])c4)cc3)CC2)c1. The molecule has 0 atom stereocenters. The number of carboxylic acid groups (broad SMARTS) is 1. The number of thioether (sulfide) groups is 1. The van der Waals surface area contributed by atoms with Gasteiger partial charge in [0.05, 0.1) is 16.1 Å². The molecule has 1 aliphatic rings. The topological polar surface area (TPSA) is 167 Å². The van der Waals surface area contributed by atoms with Crippen LogP contribution in [0.3, 0.4) is 0 Å². The van der Waals surface area contributed by atoms with Crippen LogP contribution in [0.15, 0.2) is 125 Å². The summed E-state index contributed by atoms with van der Waals surface area (Å²) in [5.74, 6) is -1.07. The highest BCUT2D eigenvalue weighted by molar-refractivity contribution is 7.99. The first-order valence-corrected chi connectivity index (χ1v) is 19.0. The molecule has 0 spiro atoms. The van der Waals surface area contributed by atoms with Crippen LogP contribution in [-0.4, -0.2) is 73.8 Å². The molecule has 6 rings (SSSR count). The standard InChI is InChI=1S/C38H37N6O6S2/c45-37(42-52(49,50)33-14-15-35(36(23-33)41-48)40-16-21-51-32-7-2-1-3-8-32)27-10-12-31(13-11-27)44-19-17-43(18-20-44)26-28-6-4-5-9-34(28)29-22-30(38(46)47)25-39-24-29/h1-15,22-25,40-41H,16-21,26H2,(H,42,45)(H,46,47)/q-1. The zero-order chi connectivity index (χ0) is 36.5. The van der Waals surface area contributed by atoms with Crippen molar-refractivity contribution in [1.29, 1.82) is 0 Å². The van der Waals surface area contributed by atoms with E-state index in [0.717, 1.165) is 59.2 Å².